The van der Waals surface area contributed by atoms with Gasteiger partial charge in [0.15, 0.2) is 0 Å². The van der Waals surface area contributed by atoms with E-state index in [-0.39, 0.29) is 11.9 Å². The minimum atomic E-state index is -0.655. The zero-order valence-corrected chi connectivity index (χ0v) is 17.4. The lowest BCUT2D eigenvalue weighted by Crippen LogP contribution is -2.26. The maximum absolute atomic E-state index is 12.1. The maximum Gasteiger partial charge on any atom is 0.329 e. The van der Waals surface area contributed by atoms with Crippen LogP contribution in [0.3, 0.4) is 0 Å². The van der Waals surface area contributed by atoms with Crippen LogP contribution in [-0.2, 0) is 9.59 Å². The molecule has 0 aromatic heterocycles. The van der Waals surface area contributed by atoms with Gasteiger partial charge in [-0.05, 0) is 47.7 Å². The second-order valence-corrected chi connectivity index (χ2v) is 7.30. The lowest BCUT2D eigenvalue weighted by atomic mass is 10.0. The molecule has 0 bridgehead atoms. The van der Waals surface area contributed by atoms with Gasteiger partial charge in [0.1, 0.15) is 16.9 Å². The molecule has 0 aliphatic rings. The third kappa shape index (κ3) is 6.38. The largest absolute Gasteiger partial charge is 0.427 e. The summed E-state index contributed by atoms with van der Waals surface area (Å²) in [7, 11) is 0. The number of halogens is 1. The van der Waals surface area contributed by atoms with Gasteiger partial charge in [0.2, 0.25) is 0 Å². The van der Waals surface area contributed by atoms with Gasteiger partial charge in [0, 0.05) is 6.42 Å². The molecule has 150 valence electrons. The van der Waals surface area contributed by atoms with Crippen LogP contribution in [0.4, 0.5) is 0 Å². The minimum Gasteiger partial charge on any atom is -0.427 e. The molecule has 0 spiro atoms. The third-order valence-electron chi connectivity index (χ3n) is 4.60. The Morgan fingerprint density at radius 1 is 0.893 bits per heavy atom. The zero-order chi connectivity index (χ0) is 20.5. The van der Waals surface area contributed by atoms with Crippen molar-refractivity contribution in [1.29, 1.82) is 0 Å². The molecule has 2 atom stereocenters. The van der Waals surface area contributed by atoms with Gasteiger partial charge in [-0.1, -0.05) is 57.9 Å². The predicted octanol–water partition coefficient (Wildman–Crippen LogP) is 6.01. The second kappa shape index (κ2) is 10.9. The minimum absolute atomic E-state index is 0.0584. The number of carbonyl (C=O) groups is 2. The zero-order valence-electron chi connectivity index (χ0n) is 16.6. The first-order valence-corrected chi connectivity index (χ1v) is 10.1. The van der Waals surface area contributed by atoms with Crippen molar-refractivity contribution < 1.29 is 19.1 Å². The Kier molecular flexibility index (Phi) is 8.52. The summed E-state index contributed by atoms with van der Waals surface area (Å²) in [6.07, 6.45) is 3.03. The van der Waals surface area contributed by atoms with Crippen LogP contribution in [-0.4, -0.2) is 17.3 Å². The Balaban J connectivity index is 1.97. The van der Waals surface area contributed by atoms with Crippen LogP contribution >= 0.6 is 11.6 Å². The van der Waals surface area contributed by atoms with Crippen molar-refractivity contribution in [2.75, 3.05) is 0 Å². The summed E-state index contributed by atoms with van der Waals surface area (Å²) < 4.78 is 10.7. The molecule has 0 N–H and O–H groups in total. The van der Waals surface area contributed by atoms with Gasteiger partial charge in [0.05, 0.1) is 0 Å². The van der Waals surface area contributed by atoms with Crippen molar-refractivity contribution >= 4 is 23.5 Å². The molecule has 4 nitrogen and oxygen atoms in total. The number of unbranched alkanes of at least 4 members (excludes halogenated alkanes) is 1. The number of ether oxygens (including phenoxy) is 2. The van der Waals surface area contributed by atoms with Crippen molar-refractivity contribution in [2.45, 2.75) is 51.8 Å². The number of hydrogen-bond donors (Lipinski definition) is 0. The highest BCUT2D eigenvalue weighted by atomic mass is 35.5. The SMILES string of the molecule is CCCCC(=O)Oc1ccc(-c2ccc(OC(=O)C(Cl)C(C)CC)cc2)cc1. The Morgan fingerprint density at radius 3 is 1.86 bits per heavy atom. The van der Waals surface area contributed by atoms with E-state index < -0.39 is 11.3 Å². The quantitative estimate of drug-likeness (QED) is 0.293. The fourth-order valence-electron chi connectivity index (χ4n) is 2.55. The molecule has 0 fully saturated rings. The molecule has 2 aromatic rings. The topological polar surface area (TPSA) is 52.6 Å². The van der Waals surface area contributed by atoms with E-state index in [1.165, 1.54) is 0 Å². The molecule has 2 aromatic carbocycles. The number of benzene rings is 2. The molecular formula is C23H27ClO4. The van der Waals surface area contributed by atoms with Crippen LogP contribution < -0.4 is 9.47 Å². The van der Waals surface area contributed by atoms with Gasteiger partial charge < -0.3 is 9.47 Å². The van der Waals surface area contributed by atoms with Gasteiger partial charge in [-0.2, -0.15) is 0 Å². The average Bonchev–Trinajstić information content (AvgIpc) is 2.72. The lowest BCUT2D eigenvalue weighted by Gasteiger charge is -2.15. The molecule has 0 aliphatic heterocycles. The summed E-state index contributed by atoms with van der Waals surface area (Å²) in [5.74, 6) is 0.412. The number of hydrogen-bond acceptors (Lipinski definition) is 4. The summed E-state index contributed by atoms with van der Waals surface area (Å²) in [5, 5.41) is -0.655. The number of carbonyl (C=O) groups excluding carboxylic acids is 2. The first-order valence-electron chi connectivity index (χ1n) is 9.71. The van der Waals surface area contributed by atoms with E-state index in [9.17, 15) is 9.59 Å². The van der Waals surface area contributed by atoms with Crippen molar-refractivity contribution in [3.05, 3.63) is 48.5 Å². The van der Waals surface area contributed by atoms with E-state index in [2.05, 4.69) is 0 Å². The van der Waals surface area contributed by atoms with E-state index >= 15 is 0 Å². The molecule has 0 aliphatic carbocycles. The summed E-state index contributed by atoms with van der Waals surface area (Å²) >= 11 is 6.13. The van der Waals surface area contributed by atoms with Crippen molar-refractivity contribution in [3.63, 3.8) is 0 Å². The fraction of sp³-hybridized carbons (Fsp3) is 0.391. The lowest BCUT2D eigenvalue weighted by molar-refractivity contribution is -0.135. The molecule has 28 heavy (non-hydrogen) atoms. The highest BCUT2D eigenvalue weighted by Crippen LogP contribution is 2.26. The summed E-state index contributed by atoms with van der Waals surface area (Å²) in [4.78, 5) is 23.8. The Morgan fingerprint density at radius 2 is 1.39 bits per heavy atom. The van der Waals surface area contributed by atoms with E-state index in [0.717, 1.165) is 30.4 Å². The van der Waals surface area contributed by atoms with E-state index in [0.29, 0.717) is 17.9 Å². The molecule has 2 rings (SSSR count). The Bertz CT molecular complexity index is 768. The standard InChI is InChI=1S/C23H27ClO4/c1-4-6-7-21(25)27-19-12-8-17(9-13-19)18-10-14-20(15-11-18)28-23(26)22(24)16(3)5-2/h8-16,22H,4-7H2,1-3H3. The summed E-state index contributed by atoms with van der Waals surface area (Å²) in [5.41, 5.74) is 1.94. The smallest absolute Gasteiger partial charge is 0.329 e. The van der Waals surface area contributed by atoms with Crippen LogP contribution in [0.2, 0.25) is 0 Å². The van der Waals surface area contributed by atoms with Crippen molar-refractivity contribution in [3.8, 4) is 22.6 Å². The predicted molar refractivity (Wildman–Crippen MR) is 112 cm³/mol. The Hall–Kier alpha value is -2.33. The van der Waals surface area contributed by atoms with Crippen LogP contribution in [0.1, 0.15) is 46.5 Å². The molecule has 0 radical (unpaired) electrons. The van der Waals surface area contributed by atoms with Gasteiger partial charge in [-0.15, -0.1) is 11.6 Å². The van der Waals surface area contributed by atoms with Crippen LogP contribution in [0.5, 0.6) is 11.5 Å². The fourth-order valence-corrected chi connectivity index (χ4v) is 2.77. The number of rotatable bonds is 9. The van der Waals surface area contributed by atoms with E-state index in [4.69, 9.17) is 21.1 Å². The molecule has 0 heterocycles. The van der Waals surface area contributed by atoms with Gasteiger partial charge in [-0.25, -0.2) is 0 Å². The van der Waals surface area contributed by atoms with Gasteiger partial charge >= 0.3 is 11.9 Å². The highest BCUT2D eigenvalue weighted by molar-refractivity contribution is 6.30. The van der Waals surface area contributed by atoms with Crippen molar-refractivity contribution in [1.82, 2.24) is 0 Å². The van der Waals surface area contributed by atoms with Gasteiger partial charge in [0.25, 0.3) is 0 Å². The van der Waals surface area contributed by atoms with Gasteiger partial charge in [-0.3, -0.25) is 9.59 Å². The third-order valence-corrected chi connectivity index (χ3v) is 5.20. The highest BCUT2D eigenvalue weighted by Gasteiger charge is 2.23. The maximum atomic E-state index is 12.1. The summed E-state index contributed by atoms with van der Waals surface area (Å²) in [6, 6.07) is 14.6. The number of esters is 2. The normalized spacial score (nSPS) is 12.9. The van der Waals surface area contributed by atoms with Crippen LogP contribution in [0.15, 0.2) is 48.5 Å². The van der Waals surface area contributed by atoms with E-state index in [1.54, 1.807) is 24.3 Å². The monoisotopic (exact) mass is 402 g/mol. The van der Waals surface area contributed by atoms with Crippen LogP contribution in [0.25, 0.3) is 11.1 Å². The molecule has 0 saturated carbocycles. The average molecular weight is 403 g/mol. The first kappa shape index (κ1) is 22.0. The summed E-state index contributed by atoms with van der Waals surface area (Å²) in [6.45, 7) is 5.94. The second-order valence-electron chi connectivity index (χ2n) is 6.83. The molecular weight excluding hydrogens is 376 g/mol. The molecule has 0 saturated heterocycles. The first-order chi connectivity index (χ1) is 13.4. The van der Waals surface area contributed by atoms with Crippen LogP contribution in [0, 0.1) is 5.92 Å². The molecule has 2 unspecified atom stereocenters. The van der Waals surface area contributed by atoms with Crippen molar-refractivity contribution in [2.24, 2.45) is 5.92 Å². The molecule has 0 amide bonds. The van der Waals surface area contributed by atoms with E-state index in [1.807, 2.05) is 45.0 Å². The molecule has 5 heteroatoms. The number of alkyl halides is 1. The Labute approximate surface area is 171 Å².